The van der Waals surface area contributed by atoms with Gasteiger partial charge in [0.1, 0.15) is 0 Å². The van der Waals surface area contributed by atoms with Gasteiger partial charge >= 0.3 is 5.97 Å². The molecule has 2 amide bonds. The molecule has 0 saturated carbocycles. The maximum absolute atomic E-state index is 11.4. The van der Waals surface area contributed by atoms with Crippen LogP contribution >= 0.6 is 0 Å². The summed E-state index contributed by atoms with van der Waals surface area (Å²) in [5.41, 5.74) is 0. The Balaban J connectivity index is 2.10. The van der Waals surface area contributed by atoms with E-state index in [1.54, 1.807) is 0 Å². The largest absolute Gasteiger partial charge is 0.444 e. The second-order valence-corrected chi connectivity index (χ2v) is 4.25. The van der Waals surface area contributed by atoms with Gasteiger partial charge in [-0.15, -0.1) is 0 Å². The molecule has 1 aliphatic rings. The van der Waals surface area contributed by atoms with E-state index in [0.29, 0.717) is 6.42 Å². The van der Waals surface area contributed by atoms with E-state index in [0.717, 1.165) is 30.6 Å². The van der Waals surface area contributed by atoms with Crippen LogP contribution in [0.2, 0.25) is 0 Å². The van der Waals surface area contributed by atoms with E-state index in [9.17, 15) is 14.4 Å². The van der Waals surface area contributed by atoms with Crippen molar-refractivity contribution in [3.8, 4) is 0 Å². The average Bonchev–Trinajstić information content (AvgIpc) is 2.66. The van der Waals surface area contributed by atoms with Crippen molar-refractivity contribution < 1.29 is 19.1 Å². The molecular weight excluding hydrogens is 234 g/mol. The van der Waals surface area contributed by atoms with Gasteiger partial charge in [0.25, 0.3) is 11.8 Å². The molecule has 1 heterocycles. The Morgan fingerprint density at radius 2 is 1.72 bits per heavy atom. The first-order valence-corrected chi connectivity index (χ1v) is 6.34. The molecule has 0 unspecified atom stereocenters. The number of ether oxygens (including phenoxy) is 1. The summed E-state index contributed by atoms with van der Waals surface area (Å²) in [5.74, 6) is -1.23. The van der Waals surface area contributed by atoms with E-state index in [1.165, 1.54) is 18.6 Å². The van der Waals surface area contributed by atoms with E-state index in [-0.39, 0.29) is 12.7 Å². The van der Waals surface area contributed by atoms with E-state index in [4.69, 9.17) is 4.74 Å². The van der Waals surface area contributed by atoms with Gasteiger partial charge in [-0.3, -0.25) is 14.4 Å². The lowest BCUT2D eigenvalue weighted by Gasteiger charge is -2.13. The minimum atomic E-state index is -0.434. The van der Waals surface area contributed by atoms with Crippen molar-refractivity contribution in [3.63, 3.8) is 0 Å². The van der Waals surface area contributed by atoms with E-state index < -0.39 is 11.8 Å². The molecule has 0 aliphatic carbocycles. The lowest BCUT2D eigenvalue weighted by atomic mass is 10.1. The minimum absolute atomic E-state index is 0.279. The van der Waals surface area contributed by atoms with Gasteiger partial charge in [0.15, 0.2) is 6.73 Å². The van der Waals surface area contributed by atoms with Crippen molar-refractivity contribution in [1.29, 1.82) is 0 Å². The Labute approximate surface area is 107 Å². The maximum atomic E-state index is 11.4. The highest BCUT2D eigenvalue weighted by molar-refractivity contribution is 6.12. The van der Waals surface area contributed by atoms with Crippen LogP contribution in [0.3, 0.4) is 0 Å². The van der Waals surface area contributed by atoms with Crippen molar-refractivity contribution in [2.24, 2.45) is 0 Å². The molecule has 0 aromatic carbocycles. The molecule has 0 N–H and O–H groups in total. The Morgan fingerprint density at radius 1 is 1.11 bits per heavy atom. The minimum Gasteiger partial charge on any atom is -0.444 e. The Bertz CT molecular complexity index is 331. The molecule has 0 saturated heterocycles. The molecule has 100 valence electrons. The van der Waals surface area contributed by atoms with Crippen LogP contribution < -0.4 is 0 Å². The maximum Gasteiger partial charge on any atom is 0.307 e. The molecule has 0 atom stereocenters. The summed E-state index contributed by atoms with van der Waals surface area (Å²) in [7, 11) is 0. The second kappa shape index (κ2) is 7.63. The van der Waals surface area contributed by atoms with E-state index in [1.807, 2.05) is 0 Å². The summed E-state index contributed by atoms with van der Waals surface area (Å²) < 4.78 is 4.88. The zero-order valence-electron chi connectivity index (χ0n) is 10.7. The van der Waals surface area contributed by atoms with Crippen LogP contribution in [0.4, 0.5) is 0 Å². The number of unbranched alkanes of at least 4 members (excludes halogenated alkanes) is 4. The fourth-order valence-electron chi connectivity index (χ4n) is 1.64. The van der Waals surface area contributed by atoms with E-state index >= 15 is 0 Å². The third-order valence-electron chi connectivity index (χ3n) is 2.74. The summed E-state index contributed by atoms with van der Waals surface area (Å²) >= 11 is 0. The SMILES string of the molecule is CCCCCCCC(=O)OCN1C(=O)C=CC1=O. The number of hydrogen-bond donors (Lipinski definition) is 0. The highest BCUT2D eigenvalue weighted by Gasteiger charge is 2.24. The number of rotatable bonds is 8. The number of imide groups is 1. The molecule has 18 heavy (non-hydrogen) atoms. The van der Waals surface area contributed by atoms with Gasteiger partial charge in [-0.05, 0) is 6.42 Å². The molecular formula is C13H19NO4. The van der Waals surface area contributed by atoms with Crippen LogP contribution in [-0.4, -0.2) is 29.4 Å². The molecule has 0 aromatic heterocycles. The normalized spacial score (nSPS) is 14.4. The summed E-state index contributed by atoms with van der Waals surface area (Å²) in [5, 5.41) is 0. The molecule has 5 nitrogen and oxygen atoms in total. The summed E-state index contributed by atoms with van der Waals surface area (Å²) in [6.45, 7) is 1.85. The number of hydrogen-bond acceptors (Lipinski definition) is 4. The monoisotopic (exact) mass is 253 g/mol. The van der Waals surface area contributed by atoms with Crippen molar-refractivity contribution in [2.75, 3.05) is 6.73 Å². The van der Waals surface area contributed by atoms with Gasteiger partial charge in [0.2, 0.25) is 0 Å². The molecule has 0 bridgehead atoms. The Morgan fingerprint density at radius 3 is 2.33 bits per heavy atom. The first-order chi connectivity index (χ1) is 8.65. The highest BCUT2D eigenvalue weighted by atomic mass is 16.5. The van der Waals surface area contributed by atoms with Gasteiger partial charge in [0, 0.05) is 18.6 Å². The van der Waals surface area contributed by atoms with Gasteiger partial charge in [-0.1, -0.05) is 32.6 Å². The predicted octanol–water partition coefficient (Wildman–Crippen LogP) is 1.77. The zero-order valence-corrected chi connectivity index (χ0v) is 10.7. The molecule has 0 aromatic rings. The summed E-state index contributed by atoms with van der Waals surface area (Å²) in [4.78, 5) is 34.6. The van der Waals surface area contributed by atoms with Gasteiger partial charge in [0.05, 0.1) is 0 Å². The highest BCUT2D eigenvalue weighted by Crippen LogP contribution is 2.07. The summed E-state index contributed by atoms with van der Waals surface area (Å²) in [6, 6.07) is 0. The number of esters is 1. The number of carbonyl (C=O) groups excluding carboxylic acids is 3. The van der Waals surface area contributed by atoms with Crippen molar-refractivity contribution in [3.05, 3.63) is 12.2 Å². The number of nitrogens with zero attached hydrogens (tertiary/aromatic N) is 1. The zero-order chi connectivity index (χ0) is 13.4. The van der Waals surface area contributed by atoms with Gasteiger partial charge in [-0.2, -0.15) is 0 Å². The number of carbonyl (C=O) groups is 3. The lowest BCUT2D eigenvalue weighted by molar-refractivity contribution is -0.154. The molecule has 1 aliphatic heterocycles. The third-order valence-corrected chi connectivity index (χ3v) is 2.74. The van der Waals surface area contributed by atoms with Gasteiger partial charge in [-0.25, -0.2) is 4.90 Å². The fourth-order valence-corrected chi connectivity index (χ4v) is 1.64. The third kappa shape index (κ3) is 4.69. The predicted molar refractivity (Wildman–Crippen MR) is 65.3 cm³/mol. The molecule has 5 heteroatoms. The Hall–Kier alpha value is -1.65. The molecule has 0 fully saturated rings. The van der Waals surface area contributed by atoms with Crippen molar-refractivity contribution in [1.82, 2.24) is 4.90 Å². The summed E-state index contributed by atoms with van der Waals surface area (Å²) in [6.07, 6.45) is 7.94. The first-order valence-electron chi connectivity index (χ1n) is 6.34. The standard InChI is InChI=1S/C13H19NO4/c1-2-3-4-5-6-7-13(17)18-10-14-11(15)8-9-12(14)16/h8-9H,2-7,10H2,1H3. The molecule has 1 rings (SSSR count). The quantitative estimate of drug-likeness (QED) is 0.376. The van der Waals surface area contributed by atoms with Crippen molar-refractivity contribution in [2.45, 2.75) is 45.4 Å². The van der Waals surface area contributed by atoms with Crippen LogP contribution in [0.25, 0.3) is 0 Å². The van der Waals surface area contributed by atoms with Gasteiger partial charge < -0.3 is 4.74 Å². The first kappa shape index (κ1) is 14.4. The van der Waals surface area contributed by atoms with Crippen molar-refractivity contribution >= 4 is 17.8 Å². The molecule has 0 spiro atoms. The number of amides is 2. The second-order valence-electron chi connectivity index (χ2n) is 4.25. The topological polar surface area (TPSA) is 63.7 Å². The van der Waals surface area contributed by atoms with Crippen LogP contribution in [-0.2, 0) is 19.1 Å². The smallest absolute Gasteiger partial charge is 0.307 e. The van der Waals surface area contributed by atoms with Crippen LogP contribution in [0.5, 0.6) is 0 Å². The lowest BCUT2D eigenvalue weighted by Crippen LogP contribution is -2.33. The molecule has 0 radical (unpaired) electrons. The van der Waals surface area contributed by atoms with Crippen LogP contribution in [0, 0.1) is 0 Å². The average molecular weight is 253 g/mol. The van der Waals surface area contributed by atoms with Crippen LogP contribution in [0.15, 0.2) is 12.2 Å². The van der Waals surface area contributed by atoms with E-state index in [2.05, 4.69) is 6.92 Å². The Kier molecular flexibility index (Phi) is 6.11. The fraction of sp³-hybridized carbons (Fsp3) is 0.615. The van der Waals surface area contributed by atoms with Crippen LogP contribution in [0.1, 0.15) is 45.4 Å².